The summed E-state index contributed by atoms with van der Waals surface area (Å²) in [5, 5.41) is 5.83. The SMILES string of the molecule is COc1ccc(C2CN(C=O)CCC23CCNCC3)cc1N1CCC(=O)NC1=O. The third kappa shape index (κ3) is 3.69. The number of methoxy groups -OCH3 is 1. The molecule has 0 aliphatic carbocycles. The van der Waals surface area contributed by atoms with Crippen molar-refractivity contribution in [2.75, 3.05) is 44.7 Å². The summed E-state index contributed by atoms with van der Waals surface area (Å²) in [7, 11) is 1.58. The molecule has 4 amide bonds. The zero-order chi connectivity index (χ0) is 20.4. The first-order valence-corrected chi connectivity index (χ1v) is 10.3. The van der Waals surface area contributed by atoms with Crippen molar-refractivity contribution in [3.63, 3.8) is 0 Å². The molecule has 3 heterocycles. The smallest absolute Gasteiger partial charge is 0.328 e. The third-order valence-electron chi connectivity index (χ3n) is 6.75. The summed E-state index contributed by atoms with van der Waals surface area (Å²) < 4.78 is 5.51. The molecule has 1 aromatic carbocycles. The largest absolute Gasteiger partial charge is 0.495 e. The van der Waals surface area contributed by atoms with Crippen molar-refractivity contribution in [1.82, 2.24) is 15.5 Å². The molecule has 8 heteroatoms. The van der Waals surface area contributed by atoms with E-state index in [1.54, 1.807) is 12.0 Å². The van der Waals surface area contributed by atoms with E-state index in [1.807, 2.05) is 17.0 Å². The normalized spacial score (nSPS) is 24.4. The first-order valence-electron chi connectivity index (χ1n) is 10.3. The van der Waals surface area contributed by atoms with E-state index in [0.717, 1.165) is 50.9 Å². The topological polar surface area (TPSA) is 91.0 Å². The van der Waals surface area contributed by atoms with Crippen LogP contribution in [-0.2, 0) is 9.59 Å². The highest BCUT2D eigenvalue weighted by Gasteiger charge is 2.44. The van der Waals surface area contributed by atoms with Crippen molar-refractivity contribution < 1.29 is 19.1 Å². The summed E-state index contributed by atoms with van der Waals surface area (Å²) in [5.74, 6) is 0.535. The van der Waals surface area contributed by atoms with Gasteiger partial charge >= 0.3 is 6.03 Å². The van der Waals surface area contributed by atoms with E-state index in [2.05, 4.69) is 16.7 Å². The van der Waals surface area contributed by atoms with Crippen LogP contribution in [-0.4, -0.2) is 63.1 Å². The van der Waals surface area contributed by atoms with Crippen LogP contribution in [0.25, 0.3) is 0 Å². The summed E-state index contributed by atoms with van der Waals surface area (Å²) in [5.41, 5.74) is 1.93. The Morgan fingerprint density at radius 2 is 1.97 bits per heavy atom. The summed E-state index contributed by atoms with van der Waals surface area (Å²) in [4.78, 5) is 38.9. The maximum atomic E-state index is 12.4. The molecule has 156 valence electrons. The second-order valence-electron chi connectivity index (χ2n) is 8.20. The molecule has 3 saturated heterocycles. The van der Waals surface area contributed by atoms with E-state index in [4.69, 9.17) is 4.74 Å². The van der Waals surface area contributed by atoms with Crippen LogP contribution in [0.15, 0.2) is 18.2 Å². The number of hydrogen-bond acceptors (Lipinski definition) is 5. The predicted molar refractivity (Wildman–Crippen MR) is 108 cm³/mol. The molecule has 1 spiro atoms. The third-order valence-corrected chi connectivity index (χ3v) is 6.75. The zero-order valence-corrected chi connectivity index (χ0v) is 16.8. The number of nitrogens with one attached hydrogen (secondary N) is 2. The Morgan fingerprint density at radius 3 is 2.66 bits per heavy atom. The van der Waals surface area contributed by atoms with Crippen LogP contribution in [0.1, 0.15) is 37.2 Å². The van der Waals surface area contributed by atoms with Gasteiger partial charge in [0.15, 0.2) is 0 Å². The fourth-order valence-electron chi connectivity index (χ4n) is 5.07. The van der Waals surface area contributed by atoms with Gasteiger partial charge in [-0.15, -0.1) is 0 Å². The Kier molecular flexibility index (Phi) is 5.45. The summed E-state index contributed by atoms with van der Waals surface area (Å²) in [6.45, 7) is 3.76. The van der Waals surface area contributed by atoms with Gasteiger partial charge < -0.3 is 15.0 Å². The number of rotatable bonds is 4. The Labute approximate surface area is 170 Å². The number of likely N-dealkylation sites (tertiary alicyclic amines) is 1. The predicted octanol–water partition coefficient (Wildman–Crippen LogP) is 1.46. The van der Waals surface area contributed by atoms with Crippen LogP contribution in [0.3, 0.4) is 0 Å². The van der Waals surface area contributed by atoms with Gasteiger partial charge in [0.25, 0.3) is 0 Å². The maximum Gasteiger partial charge on any atom is 0.328 e. The molecule has 2 N–H and O–H groups in total. The second kappa shape index (κ2) is 8.02. The minimum atomic E-state index is -0.425. The van der Waals surface area contributed by atoms with Gasteiger partial charge in [-0.2, -0.15) is 0 Å². The average molecular weight is 400 g/mol. The molecule has 1 aromatic rings. The Morgan fingerprint density at radius 1 is 1.17 bits per heavy atom. The summed E-state index contributed by atoms with van der Waals surface area (Å²) >= 11 is 0. The van der Waals surface area contributed by atoms with Gasteiger partial charge in [0, 0.05) is 32.0 Å². The van der Waals surface area contributed by atoms with Gasteiger partial charge in [-0.3, -0.25) is 19.8 Å². The maximum absolute atomic E-state index is 12.4. The van der Waals surface area contributed by atoms with E-state index in [0.29, 0.717) is 24.5 Å². The van der Waals surface area contributed by atoms with E-state index in [-0.39, 0.29) is 23.7 Å². The van der Waals surface area contributed by atoms with E-state index in [9.17, 15) is 14.4 Å². The van der Waals surface area contributed by atoms with Gasteiger partial charge in [0.1, 0.15) is 5.75 Å². The Hall–Kier alpha value is -2.61. The van der Waals surface area contributed by atoms with Crippen molar-refractivity contribution in [2.45, 2.75) is 31.6 Å². The highest BCUT2D eigenvalue weighted by atomic mass is 16.5. The molecule has 3 fully saturated rings. The molecule has 0 radical (unpaired) electrons. The minimum Gasteiger partial charge on any atom is -0.495 e. The van der Waals surface area contributed by atoms with Gasteiger partial charge in [-0.05, 0) is 55.5 Å². The number of carbonyl (C=O) groups excluding carboxylic acids is 3. The van der Waals surface area contributed by atoms with Gasteiger partial charge in [-0.1, -0.05) is 6.07 Å². The average Bonchev–Trinajstić information content (AvgIpc) is 2.74. The van der Waals surface area contributed by atoms with Crippen LogP contribution < -0.4 is 20.3 Å². The Bertz CT molecular complexity index is 806. The van der Waals surface area contributed by atoms with Crippen LogP contribution in [0.2, 0.25) is 0 Å². The van der Waals surface area contributed by atoms with E-state index < -0.39 is 6.03 Å². The Balaban J connectivity index is 1.71. The molecule has 0 aromatic heterocycles. The fraction of sp³-hybridized carbons (Fsp3) is 0.571. The molecule has 3 aliphatic rings. The lowest BCUT2D eigenvalue weighted by molar-refractivity contribution is -0.121. The van der Waals surface area contributed by atoms with Crippen LogP contribution in [0.4, 0.5) is 10.5 Å². The van der Waals surface area contributed by atoms with Crippen molar-refractivity contribution in [1.29, 1.82) is 0 Å². The van der Waals surface area contributed by atoms with E-state index in [1.165, 1.54) is 0 Å². The highest BCUT2D eigenvalue weighted by Crippen LogP contribution is 2.50. The van der Waals surface area contributed by atoms with Crippen LogP contribution >= 0.6 is 0 Å². The molecule has 29 heavy (non-hydrogen) atoms. The molecule has 1 unspecified atom stereocenters. The van der Waals surface area contributed by atoms with Gasteiger partial charge in [0.05, 0.1) is 12.8 Å². The molecule has 0 bridgehead atoms. The molecule has 0 saturated carbocycles. The first kappa shape index (κ1) is 19.7. The quantitative estimate of drug-likeness (QED) is 0.747. The highest BCUT2D eigenvalue weighted by molar-refractivity contribution is 6.06. The van der Waals surface area contributed by atoms with Crippen molar-refractivity contribution >= 4 is 24.0 Å². The summed E-state index contributed by atoms with van der Waals surface area (Å²) in [6.07, 6.45) is 4.33. The number of carbonyl (C=O) groups is 3. The number of anilines is 1. The number of hydrogen-bond donors (Lipinski definition) is 2. The number of imide groups is 1. The zero-order valence-electron chi connectivity index (χ0n) is 16.8. The van der Waals surface area contributed by atoms with Crippen molar-refractivity contribution in [2.24, 2.45) is 5.41 Å². The molecule has 1 atom stereocenters. The van der Waals surface area contributed by atoms with Crippen molar-refractivity contribution in [3.8, 4) is 5.75 Å². The molecule has 3 aliphatic heterocycles. The number of ether oxygens (including phenoxy) is 1. The minimum absolute atomic E-state index is 0.150. The second-order valence-corrected chi connectivity index (χ2v) is 8.20. The molecule has 4 rings (SSSR count). The molecular weight excluding hydrogens is 372 g/mol. The fourth-order valence-corrected chi connectivity index (χ4v) is 5.07. The van der Waals surface area contributed by atoms with Crippen LogP contribution in [0.5, 0.6) is 5.75 Å². The number of benzene rings is 1. The molecular formula is C21H28N4O4. The summed E-state index contributed by atoms with van der Waals surface area (Å²) in [6, 6.07) is 5.53. The lowest BCUT2D eigenvalue weighted by Crippen LogP contribution is -2.50. The monoisotopic (exact) mass is 400 g/mol. The first-order chi connectivity index (χ1) is 14.1. The van der Waals surface area contributed by atoms with E-state index >= 15 is 0 Å². The number of urea groups is 1. The lowest BCUT2D eigenvalue weighted by atomic mass is 9.62. The number of amides is 4. The number of piperidine rings is 2. The van der Waals surface area contributed by atoms with Crippen LogP contribution in [0, 0.1) is 5.41 Å². The van der Waals surface area contributed by atoms with Gasteiger partial charge in [-0.25, -0.2) is 4.79 Å². The van der Waals surface area contributed by atoms with Crippen molar-refractivity contribution in [3.05, 3.63) is 23.8 Å². The number of nitrogens with zero attached hydrogens (tertiary/aromatic N) is 2. The molecule has 8 nitrogen and oxygen atoms in total. The van der Waals surface area contributed by atoms with Gasteiger partial charge in [0.2, 0.25) is 12.3 Å². The standard InChI is InChI=1S/C21H28N4O4/c1-29-18-3-2-15(12-17(18)25-10-4-19(27)23-20(25)28)16-13-24(14-26)11-7-21(16)5-8-22-9-6-21/h2-3,12,14,16,22H,4-11,13H2,1H3,(H,23,27,28). The lowest BCUT2D eigenvalue weighted by Gasteiger charge is -2.50.